The molecule has 5 heteroatoms. The summed E-state index contributed by atoms with van der Waals surface area (Å²) in [7, 11) is 1.21. The van der Waals surface area contributed by atoms with Crippen molar-refractivity contribution in [3.8, 4) is 0 Å². The molecule has 108 valence electrons. The van der Waals surface area contributed by atoms with E-state index in [9.17, 15) is 14.7 Å². The third-order valence-electron chi connectivity index (χ3n) is 3.59. The van der Waals surface area contributed by atoms with Crippen LogP contribution in [-0.2, 0) is 25.5 Å². The maximum atomic E-state index is 11.9. The Bertz CT molecular complexity index is 484. The standard InChI is InChI=1S/C15H18O5/c1-19-14(17)15(18,12-7-8-13(16)20-12)10-9-11-5-3-2-4-6-11/h2-6,12,18H,7-10H2,1H3/t12-,15-/m1/s1. The van der Waals surface area contributed by atoms with Crippen LogP contribution in [0.3, 0.4) is 0 Å². The van der Waals surface area contributed by atoms with Gasteiger partial charge in [-0.05, 0) is 24.8 Å². The number of ether oxygens (including phenoxy) is 2. The van der Waals surface area contributed by atoms with Gasteiger partial charge in [0.1, 0.15) is 6.10 Å². The van der Waals surface area contributed by atoms with Crippen LogP contribution >= 0.6 is 0 Å². The zero-order chi connectivity index (χ0) is 14.6. The number of methoxy groups -OCH3 is 1. The Hall–Kier alpha value is -1.88. The van der Waals surface area contributed by atoms with Crippen molar-refractivity contribution in [3.63, 3.8) is 0 Å². The van der Waals surface area contributed by atoms with E-state index in [2.05, 4.69) is 4.74 Å². The van der Waals surface area contributed by atoms with Crippen LogP contribution < -0.4 is 0 Å². The molecule has 1 aliphatic heterocycles. The minimum absolute atomic E-state index is 0.154. The predicted molar refractivity (Wildman–Crippen MR) is 70.8 cm³/mol. The molecule has 0 bridgehead atoms. The minimum Gasteiger partial charge on any atom is -0.467 e. The summed E-state index contributed by atoms with van der Waals surface area (Å²) in [6, 6.07) is 9.51. The van der Waals surface area contributed by atoms with Crippen LogP contribution in [-0.4, -0.2) is 35.9 Å². The van der Waals surface area contributed by atoms with Crippen LogP contribution in [0.4, 0.5) is 0 Å². The van der Waals surface area contributed by atoms with Crippen LogP contribution in [0.15, 0.2) is 30.3 Å². The van der Waals surface area contributed by atoms with Gasteiger partial charge in [-0.25, -0.2) is 4.79 Å². The Morgan fingerprint density at radius 2 is 2.15 bits per heavy atom. The number of hydrogen-bond donors (Lipinski definition) is 1. The lowest BCUT2D eigenvalue weighted by molar-refractivity contribution is -0.180. The molecular formula is C15H18O5. The maximum absolute atomic E-state index is 11.9. The number of aryl methyl sites for hydroxylation is 1. The van der Waals surface area contributed by atoms with Gasteiger partial charge in [0.25, 0.3) is 0 Å². The molecule has 1 aromatic rings. The number of cyclic esters (lactones) is 1. The average molecular weight is 278 g/mol. The number of hydrogen-bond acceptors (Lipinski definition) is 5. The molecule has 20 heavy (non-hydrogen) atoms. The van der Waals surface area contributed by atoms with Crippen LogP contribution in [0.5, 0.6) is 0 Å². The average Bonchev–Trinajstić information content (AvgIpc) is 2.92. The van der Waals surface area contributed by atoms with Gasteiger partial charge in [-0.3, -0.25) is 4.79 Å². The zero-order valence-corrected chi connectivity index (χ0v) is 11.4. The fraction of sp³-hybridized carbons (Fsp3) is 0.467. The largest absolute Gasteiger partial charge is 0.467 e. The van der Waals surface area contributed by atoms with Crippen LogP contribution in [0, 0.1) is 0 Å². The molecule has 0 amide bonds. The van der Waals surface area contributed by atoms with Crippen molar-refractivity contribution in [2.24, 2.45) is 0 Å². The summed E-state index contributed by atoms with van der Waals surface area (Å²) in [5.41, 5.74) is -0.782. The number of carbonyl (C=O) groups is 2. The van der Waals surface area contributed by atoms with Crippen molar-refractivity contribution in [1.29, 1.82) is 0 Å². The minimum atomic E-state index is -1.78. The van der Waals surface area contributed by atoms with Crippen LogP contribution in [0.1, 0.15) is 24.8 Å². The second-order valence-corrected chi connectivity index (χ2v) is 4.92. The highest BCUT2D eigenvalue weighted by Gasteiger charge is 2.49. The van der Waals surface area contributed by atoms with Gasteiger partial charge in [0.15, 0.2) is 5.60 Å². The Labute approximate surface area is 117 Å². The quantitative estimate of drug-likeness (QED) is 0.820. The summed E-state index contributed by atoms with van der Waals surface area (Å²) >= 11 is 0. The van der Waals surface area contributed by atoms with E-state index in [4.69, 9.17) is 4.74 Å². The van der Waals surface area contributed by atoms with Crippen molar-refractivity contribution >= 4 is 11.9 Å². The lowest BCUT2D eigenvalue weighted by Gasteiger charge is -2.29. The first-order valence-electron chi connectivity index (χ1n) is 6.60. The van der Waals surface area contributed by atoms with Crippen molar-refractivity contribution in [2.75, 3.05) is 7.11 Å². The third-order valence-corrected chi connectivity index (χ3v) is 3.59. The van der Waals surface area contributed by atoms with Gasteiger partial charge in [-0.1, -0.05) is 30.3 Å². The summed E-state index contributed by atoms with van der Waals surface area (Å²) in [6.07, 6.45) is 0.377. The molecule has 0 radical (unpaired) electrons. The summed E-state index contributed by atoms with van der Waals surface area (Å²) in [6.45, 7) is 0. The number of esters is 2. The Balaban J connectivity index is 2.11. The highest BCUT2D eigenvalue weighted by atomic mass is 16.6. The number of rotatable bonds is 5. The molecule has 2 atom stereocenters. The number of aliphatic hydroxyl groups is 1. The number of benzene rings is 1. The molecule has 1 saturated heterocycles. The van der Waals surface area contributed by atoms with Crippen LogP contribution in [0.2, 0.25) is 0 Å². The highest BCUT2D eigenvalue weighted by Crippen LogP contribution is 2.30. The van der Waals surface area contributed by atoms with Gasteiger partial charge in [0.2, 0.25) is 0 Å². The lowest BCUT2D eigenvalue weighted by Crippen LogP contribution is -2.50. The first-order valence-corrected chi connectivity index (χ1v) is 6.60. The SMILES string of the molecule is COC(=O)[C@@](O)(CCc1ccccc1)[C@H]1CCC(=O)O1. The second-order valence-electron chi connectivity index (χ2n) is 4.92. The molecule has 1 aliphatic rings. The molecular weight excluding hydrogens is 260 g/mol. The second kappa shape index (κ2) is 6.05. The van der Waals surface area contributed by atoms with Crippen molar-refractivity contribution in [3.05, 3.63) is 35.9 Å². The fourth-order valence-corrected chi connectivity index (χ4v) is 2.41. The van der Waals surface area contributed by atoms with E-state index in [0.717, 1.165) is 5.56 Å². The summed E-state index contributed by atoms with van der Waals surface area (Å²) in [5, 5.41) is 10.6. The van der Waals surface area contributed by atoms with Gasteiger partial charge in [-0.2, -0.15) is 0 Å². The molecule has 1 fully saturated rings. The summed E-state index contributed by atoms with van der Waals surface area (Å²) < 4.78 is 9.72. The molecule has 0 aromatic heterocycles. The number of carbonyl (C=O) groups excluding carboxylic acids is 2. The Morgan fingerprint density at radius 3 is 2.70 bits per heavy atom. The molecule has 0 saturated carbocycles. The monoisotopic (exact) mass is 278 g/mol. The molecule has 0 spiro atoms. The zero-order valence-electron chi connectivity index (χ0n) is 11.4. The lowest BCUT2D eigenvalue weighted by atomic mass is 9.88. The third kappa shape index (κ3) is 2.99. The summed E-state index contributed by atoms with van der Waals surface area (Å²) in [4.78, 5) is 23.1. The van der Waals surface area contributed by atoms with Gasteiger partial charge in [0.05, 0.1) is 7.11 Å². The van der Waals surface area contributed by atoms with Crippen molar-refractivity contribution in [1.82, 2.24) is 0 Å². The van der Waals surface area contributed by atoms with E-state index in [-0.39, 0.29) is 12.8 Å². The van der Waals surface area contributed by atoms with Gasteiger partial charge >= 0.3 is 11.9 Å². The first kappa shape index (κ1) is 14.5. The van der Waals surface area contributed by atoms with Crippen molar-refractivity contribution < 1.29 is 24.2 Å². The normalized spacial score (nSPS) is 21.1. The molecule has 1 aromatic carbocycles. The molecule has 0 aliphatic carbocycles. The molecule has 1 heterocycles. The van der Waals surface area contributed by atoms with E-state index in [1.54, 1.807) is 0 Å². The molecule has 2 rings (SSSR count). The van der Waals surface area contributed by atoms with E-state index in [0.29, 0.717) is 12.8 Å². The predicted octanol–water partition coefficient (Wildman–Crippen LogP) is 1.23. The van der Waals surface area contributed by atoms with Gasteiger partial charge in [0, 0.05) is 6.42 Å². The molecule has 5 nitrogen and oxygen atoms in total. The topological polar surface area (TPSA) is 72.8 Å². The Kier molecular flexibility index (Phi) is 4.39. The van der Waals surface area contributed by atoms with E-state index in [1.165, 1.54) is 7.11 Å². The van der Waals surface area contributed by atoms with E-state index < -0.39 is 23.6 Å². The van der Waals surface area contributed by atoms with Crippen molar-refractivity contribution in [2.45, 2.75) is 37.4 Å². The smallest absolute Gasteiger partial charge is 0.341 e. The molecule has 0 unspecified atom stereocenters. The Morgan fingerprint density at radius 1 is 1.45 bits per heavy atom. The molecule has 1 N–H and O–H groups in total. The van der Waals surface area contributed by atoms with E-state index >= 15 is 0 Å². The van der Waals surface area contributed by atoms with Crippen LogP contribution in [0.25, 0.3) is 0 Å². The van der Waals surface area contributed by atoms with Gasteiger partial charge in [-0.15, -0.1) is 0 Å². The van der Waals surface area contributed by atoms with Gasteiger partial charge < -0.3 is 14.6 Å². The van der Waals surface area contributed by atoms with E-state index in [1.807, 2.05) is 30.3 Å². The highest BCUT2D eigenvalue weighted by molar-refractivity contribution is 5.82. The fourth-order valence-electron chi connectivity index (χ4n) is 2.41. The maximum Gasteiger partial charge on any atom is 0.341 e. The summed E-state index contributed by atoms with van der Waals surface area (Å²) in [5.74, 6) is -1.15. The first-order chi connectivity index (χ1) is 9.56.